The summed E-state index contributed by atoms with van der Waals surface area (Å²) < 4.78 is 0. The Morgan fingerprint density at radius 3 is 2.50 bits per heavy atom. The van der Waals surface area contributed by atoms with Crippen LogP contribution in [0.2, 0.25) is 0 Å². The van der Waals surface area contributed by atoms with E-state index in [0.717, 1.165) is 0 Å². The molecule has 2 N–H and O–H groups in total. The smallest absolute Gasteiger partial charge is 0.207 e. The van der Waals surface area contributed by atoms with Crippen molar-refractivity contribution in [1.29, 1.82) is 0 Å². The van der Waals surface area contributed by atoms with Crippen LogP contribution in [0.25, 0.3) is 0 Å². The Hall–Kier alpha value is -0.640. The first kappa shape index (κ1) is 7.36. The van der Waals surface area contributed by atoms with Crippen molar-refractivity contribution in [3.63, 3.8) is 0 Å². The molecular weight excluding hydrogens is 108 g/mol. The number of hydrogen-bond donors (Lipinski definition) is 1. The molecule has 0 radical (unpaired) electrons. The molecule has 4 nitrogen and oxygen atoms in total. The third-order valence-electron chi connectivity index (χ3n) is 0.863. The molecule has 1 atom stereocenters. The summed E-state index contributed by atoms with van der Waals surface area (Å²) in [5, 5.41) is 9.72. The number of nitrogens with zero attached hydrogens (tertiary/aromatic N) is 1. The normalized spacial score (nSPS) is 13.2. The molecule has 0 aromatic carbocycles. The van der Waals surface area contributed by atoms with Crippen LogP contribution < -0.4 is 5.73 Å². The Kier molecular flexibility index (Phi) is 3.10. The summed E-state index contributed by atoms with van der Waals surface area (Å²) in [5.74, 6) is 0.00463. The zero-order valence-corrected chi connectivity index (χ0v) is 4.83. The zero-order chi connectivity index (χ0) is 6.57. The topological polar surface area (TPSA) is 69.2 Å². The van der Waals surface area contributed by atoms with E-state index in [1.165, 1.54) is 0 Å². The van der Waals surface area contributed by atoms with Gasteiger partial charge >= 0.3 is 0 Å². The van der Waals surface area contributed by atoms with Crippen LogP contribution in [0.15, 0.2) is 0 Å². The molecule has 4 heteroatoms. The first-order valence-electron chi connectivity index (χ1n) is 2.48. The van der Waals surface area contributed by atoms with Crippen molar-refractivity contribution >= 4 is 0 Å². The molecule has 0 fully saturated rings. The quantitative estimate of drug-likeness (QED) is 0.414. The highest BCUT2D eigenvalue weighted by molar-refractivity contribution is 4.47. The standard InChI is InChI=1S/C4H10N2O2/c1-4(2-5)3-6(7)8/h4H,2-3,5H2,1H3. The van der Waals surface area contributed by atoms with Gasteiger partial charge in [0.2, 0.25) is 6.54 Å². The van der Waals surface area contributed by atoms with Crippen molar-refractivity contribution in [2.24, 2.45) is 11.7 Å². The van der Waals surface area contributed by atoms with Crippen molar-refractivity contribution < 1.29 is 4.92 Å². The maximum absolute atomic E-state index is 9.72. The Balaban J connectivity index is 3.24. The van der Waals surface area contributed by atoms with Gasteiger partial charge in [0, 0.05) is 17.4 Å². The molecule has 0 rings (SSSR count). The lowest BCUT2D eigenvalue weighted by atomic mass is 10.2. The average Bonchev–Trinajstić information content (AvgIpc) is 1.65. The van der Waals surface area contributed by atoms with Crippen LogP contribution in [0.5, 0.6) is 0 Å². The fraction of sp³-hybridized carbons (Fsp3) is 1.00. The SMILES string of the molecule is CC(CN)C[N+](=O)[O-]. The van der Waals surface area contributed by atoms with Gasteiger partial charge in [0.05, 0.1) is 0 Å². The fourth-order valence-electron chi connectivity index (χ4n) is 0.329. The first-order chi connectivity index (χ1) is 3.66. The van der Waals surface area contributed by atoms with Crippen LogP contribution in [0, 0.1) is 16.0 Å². The third kappa shape index (κ3) is 3.55. The molecule has 0 spiro atoms. The predicted octanol–water partition coefficient (Wildman–Crippen LogP) is -0.142. The van der Waals surface area contributed by atoms with Gasteiger partial charge in [-0.15, -0.1) is 0 Å². The summed E-state index contributed by atoms with van der Waals surface area (Å²) in [6, 6.07) is 0. The largest absolute Gasteiger partial charge is 0.330 e. The Labute approximate surface area is 47.8 Å². The molecule has 0 aromatic heterocycles. The summed E-state index contributed by atoms with van der Waals surface area (Å²) in [4.78, 5) is 9.37. The van der Waals surface area contributed by atoms with Crippen molar-refractivity contribution in [1.82, 2.24) is 0 Å². The van der Waals surface area contributed by atoms with Gasteiger partial charge in [0.15, 0.2) is 0 Å². The predicted molar refractivity (Wildman–Crippen MR) is 30.1 cm³/mol. The van der Waals surface area contributed by atoms with Gasteiger partial charge in [-0.3, -0.25) is 10.1 Å². The molecule has 0 heterocycles. The second-order valence-corrected chi connectivity index (χ2v) is 1.86. The van der Waals surface area contributed by atoms with E-state index >= 15 is 0 Å². The maximum Gasteiger partial charge on any atom is 0.207 e. The highest BCUT2D eigenvalue weighted by Crippen LogP contribution is 1.88. The zero-order valence-electron chi connectivity index (χ0n) is 4.83. The molecule has 8 heavy (non-hydrogen) atoms. The van der Waals surface area contributed by atoms with Gasteiger partial charge in [-0.05, 0) is 0 Å². The second kappa shape index (κ2) is 3.37. The molecule has 0 aliphatic carbocycles. The van der Waals surface area contributed by atoms with Gasteiger partial charge < -0.3 is 5.73 Å². The van der Waals surface area contributed by atoms with E-state index in [0.29, 0.717) is 6.54 Å². The molecule has 0 aliphatic heterocycles. The summed E-state index contributed by atoms with van der Waals surface area (Å²) in [6.07, 6.45) is 0. The van der Waals surface area contributed by atoms with Crippen LogP contribution in [0.3, 0.4) is 0 Å². The van der Waals surface area contributed by atoms with Crippen molar-refractivity contribution in [3.8, 4) is 0 Å². The van der Waals surface area contributed by atoms with Gasteiger partial charge in [-0.1, -0.05) is 6.92 Å². The average molecular weight is 118 g/mol. The van der Waals surface area contributed by atoms with E-state index in [4.69, 9.17) is 5.73 Å². The number of rotatable bonds is 3. The van der Waals surface area contributed by atoms with E-state index in [2.05, 4.69) is 0 Å². The van der Waals surface area contributed by atoms with Gasteiger partial charge in [-0.25, -0.2) is 0 Å². The molecule has 48 valence electrons. The van der Waals surface area contributed by atoms with Crippen LogP contribution in [-0.2, 0) is 0 Å². The van der Waals surface area contributed by atoms with Crippen molar-refractivity contribution in [2.75, 3.05) is 13.1 Å². The molecule has 0 saturated heterocycles. The monoisotopic (exact) mass is 118 g/mol. The molecule has 0 amide bonds. The molecule has 0 aromatic rings. The number of hydrogen-bond acceptors (Lipinski definition) is 3. The lowest BCUT2D eigenvalue weighted by molar-refractivity contribution is -0.486. The Morgan fingerprint density at radius 1 is 1.88 bits per heavy atom. The van der Waals surface area contributed by atoms with Crippen LogP contribution in [0.4, 0.5) is 0 Å². The minimum Gasteiger partial charge on any atom is -0.330 e. The van der Waals surface area contributed by atoms with Crippen molar-refractivity contribution in [3.05, 3.63) is 10.1 Å². The minimum atomic E-state index is -0.350. The van der Waals surface area contributed by atoms with Crippen molar-refractivity contribution in [2.45, 2.75) is 6.92 Å². The Morgan fingerprint density at radius 2 is 2.38 bits per heavy atom. The molecule has 0 aliphatic rings. The second-order valence-electron chi connectivity index (χ2n) is 1.86. The van der Waals surface area contributed by atoms with Crippen LogP contribution in [0.1, 0.15) is 6.92 Å². The lowest BCUT2D eigenvalue weighted by Crippen LogP contribution is -2.19. The maximum atomic E-state index is 9.72. The molecular formula is C4H10N2O2. The van der Waals surface area contributed by atoms with Crippen LogP contribution >= 0.6 is 0 Å². The highest BCUT2D eigenvalue weighted by Gasteiger charge is 2.04. The van der Waals surface area contributed by atoms with Gasteiger partial charge in [0.1, 0.15) is 0 Å². The van der Waals surface area contributed by atoms with E-state index in [1.807, 2.05) is 0 Å². The number of nitro groups is 1. The lowest BCUT2D eigenvalue weighted by Gasteiger charge is -1.98. The summed E-state index contributed by atoms with van der Waals surface area (Å²) in [5.41, 5.74) is 5.12. The summed E-state index contributed by atoms with van der Waals surface area (Å²) >= 11 is 0. The number of nitrogens with two attached hydrogens (primary N) is 1. The molecule has 0 saturated carbocycles. The van der Waals surface area contributed by atoms with Crippen LogP contribution in [-0.4, -0.2) is 18.0 Å². The minimum absolute atomic E-state index is 0.00463. The van der Waals surface area contributed by atoms with Gasteiger partial charge in [-0.2, -0.15) is 0 Å². The van der Waals surface area contributed by atoms with E-state index < -0.39 is 0 Å². The van der Waals surface area contributed by atoms with E-state index in [9.17, 15) is 10.1 Å². The fourth-order valence-corrected chi connectivity index (χ4v) is 0.329. The van der Waals surface area contributed by atoms with E-state index in [-0.39, 0.29) is 17.4 Å². The summed E-state index contributed by atoms with van der Waals surface area (Å²) in [6.45, 7) is 2.13. The first-order valence-corrected chi connectivity index (χ1v) is 2.48. The molecule has 1 unspecified atom stereocenters. The third-order valence-corrected chi connectivity index (χ3v) is 0.863. The summed E-state index contributed by atoms with van der Waals surface area (Å²) in [7, 11) is 0. The molecule has 0 bridgehead atoms. The Bertz CT molecular complexity index is 84.1. The highest BCUT2D eigenvalue weighted by atomic mass is 16.6. The van der Waals surface area contributed by atoms with E-state index in [1.54, 1.807) is 6.92 Å². The van der Waals surface area contributed by atoms with Gasteiger partial charge in [0.25, 0.3) is 0 Å².